The van der Waals surface area contributed by atoms with Crippen LogP contribution in [0.3, 0.4) is 0 Å². The molecule has 2 rings (SSSR count). The molecule has 0 aliphatic heterocycles. The van der Waals surface area contributed by atoms with Crippen LogP contribution in [-0.4, -0.2) is 29.6 Å². The third-order valence-corrected chi connectivity index (χ3v) is 4.03. The lowest BCUT2D eigenvalue weighted by molar-refractivity contribution is 0.0696. The fraction of sp³-hybridized carbons (Fsp3) is 0.562. The number of hydrogen-bond donors (Lipinski definition) is 1. The third-order valence-electron chi connectivity index (χ3n) is 4.03. The van der Waals surface area contributed by atoms with Crippen molar-refractivity contribution in [3.8, 4) is 0 Å². The average molecular weight is 279 g/mol. The molecule has 0 aromatic heterocycles. The Morgan fingerprint density at radius 2 is 2.05 bits per heavy atom. The van der Waals surface area contributed by atoms with Crippen LogP contribution >= 0.6 is 0 Å². The van der Waals surface area contributed by atoms with Gasteiger partial charge in [0.25, 0.3) is 0 Å². The molecule has 0 atom stereocenters. The van der Waals surface area contributed by atoms with Gasteiger partial charge in [-0.25, -0.2) is 9.18 Å². The number of carboxylic acid groups (broad SMARTS) is 1. The molecule has 0 saturated heterocycles. The third kappa shape index (κ3) is 4.04. The molecule has 20 heavy (non-hydrogen) atoms. The number of halogens is 1. The van der Waals surface area contributed by atoms with Crippen molar-refractivity contribution in [3.05, 3.63) is 35.1 Å². The SMILES string of the molecule is CN(Cc1ccc(C(=O)O)cc1F)CC1CCCCC1. The number of carbonyl (C=O) groups is 1. The Morgan fingerprint density at radius 3 is 2.65 bits per heavy atom. The Morgan fingerprint density at radius 1 is 1.35 bits per heavy atom. The van der Waals surface area contributed by atoms with Crippen molar-refractivity contribution in [2.24, 2.45) is 5.92 Å². The van der Waals surface area contributed by atoms with Crippen molar-refractivity contribution >= 4 is 5.97 Å². The molecule has 1 aromatic rings. The highest BCUT2D eigenvalue weighted by Gasteiger charge is 2.16. The van der Waals surface area contributed by atoms with Crippen LogP contribution in [-0.2, 0) is 6.54 Å². The normalized spacial score (nSPS) is 16.6. The summed E-state index contributed by atoms with van der Waals surface area (Å²) in [5.74, 6) is -0.804. The van der Waals surface area contributed by atoms with Gasteiger partial charge in [0.15, 0.2) is 0 Å². The van der Waals surface area contributed by atoms with Crippen molar-refractivity contribution in [2.75, 3.05) is 13.6 Å². The standard InChI is InChI=1S/C16H22FNO2/c1-18(10-12-5-3-2-4-6-12)11-14-8-7-13(16(19)20)9-15(14)17/h7-9,12H,2-6,10-11H2,1H3,(H,19,20). The Bertz CT molecular complexity index is 470. The van der Waals surface area contributed by atoms with Gasteiger partial charge in [0.2, 0.25) is 0 Å². The molecule has 0 bridgehead atoms. The second-order valence-electron chi connectivity index (χ2n) is 5.81. The first-order valence-electron chi connectivity index (χ1n) is 7.26. The summed E-state index contributed by atoms with van der Waals surface area (Å²) in [4.78, 5) is 12.9. The van der Waals surface area contributed by atoms with E-state index in [2.05, 4.69) is 4.90 Å². The molecule has 0 amide bonds. The zero-order chi connectivity index (χ0) is 14.5. The maximum atomic E-state index is 13.9. The fourth-order valence-corrected chi connectivity index (χ4v) is 2.97. The number of aromatic carboxylic acids is 1. The van der Waals surface area contributed by atoms with Gasteiger partial charge < -0.3 is 10.0 Å². The maximum absolute atomic E-state index is 13.9. The number of rotatable bonds is 5. The number of benzene rings is 1. The average Bonchev–Trinajstić information content (AvgIpc) is 2.42. The summed E-state index contributed by atoms with van der Waals surface area (Å²) in [6, 6.07) is 4.15. The van der Waals surface area contributed by atoms with E-state index in [1.54, 1.807) is 6.07 Å². The van der Waals surface area contributed by atoms with Crippen molar-refractivity contribution in [1.82, 2.24) is 4.90 Å². The lowest BCUT2D eigenvalue weighted by atomic mass is 9.89. The molecular formula is C16H22FNO2. The van der Waals surface area contributed by atoms with Crippen LogP contribution in [0.5, 0.6) is 0 Å². The molecule has 0 spiro atoms. The molecule has 1 aliphatic carbocycles. The van der Waals surface area contributed by atoms with Gasteiger partial charge in [-0.1, -0.05) is 25.3 Å². The Balaban J connectivity index is 1.93. The highest BCUT2D eigenvalue weighted by atomic mass is 19.1. The lowest BCUT2D eigenvalue weighted by Gasteiger charge is -2.27. The minimum Gasteiger partial charge on any atom is -0.478 e. The monoisotopic (exact) mass is 279 g/mol. The summed E-state index contributed by atoms with van der Waals surface area (Å²) in [7, 11) is 2.00. The van der Waals surface area contributed by atoms with Crippen LogP contribution in [0, 0.1) is 11.7 Å². The summed E-state index contributed by atoms with van der Waals surface area (Å²) >= 11 is 0. The molecule has 1 N–H and O–H groups in total. The molecule has 1 aromatic carbocycles. The van der Waals surface area contributed by atoms with Crippen molar-refractivity contribution < 1.29 is 14.3 Å². The van der Waals surface area contributed by atoms with E-state index in [1.165, 1.54) is 38.2 Å². The molecule has 110 valence electrons. The predicted octanol–water partition coefficient (Wildman–Crippen LogP) is 3.54. The molecule has 3 nitrogen and oxygen atoms in total. The van der Waals surface area contributed by atoms with Crippen LogP contribution < -0.4 is 0 Å². The smallest absolute Gasteiger partial charge is 0.335 e. The summed E-state index contributed by atoms with van der Waals surface area (Å²) in [6.45, 7) is 1.52. The second kappa shape index (κ2) is 6.84. The zero-order valence-electron chi connectivity index (χ0n) is 11.9. The molecule has 1 saturated carbocycles. The first kappa shape index (κ1) is 15.0. The van der Waals surface area contributed by atoms with E-state index in [-0.39, 0.29) is 5.56 Å². The van der Waals surface area contributed by atoms with E-state index < -0.39 is 11.8 Å². The first-order valence-corrected chi connectivity index (χ1v) is 7.26. The minimum atomic E-state index is -1.09. The van der Waals surface area contributed by atoms with Gasteiger partial charge >= 0.3 is 5.97 Å². The Kier molecular flexibility index (Phi) is 5.12. The zero-order valence-corrected chi connectivity index (χ0v) is 11.9. The van der Waals surface area contributed by atoms with Crippen LogP contribution in [0.25, 0.3) is 0 Å². The van der Waals surface area contributed by atoms with E-state index in [9.17, 15) is 9.18 Å². The number of hydrogen-bond acceptors (Lipinski definition) is 2. The largest absolute Gasteiger partial charge is 0.478 e. The Labute approximate surface area is 119 Å². The van der Waals surface area contributed by atoms with Gasteiger partial charge in [-0.3, -0.25) is 0 Å². The van der Waals surface area contributed by atoms with E-state index in [0.29, 0.717) is 12.1 Å². The highest BCUT2D eigenvalue weighted by molar-refractivity contribution is 5.87. The van der Waals surface area contributed by atoms with E-state index in [1.807, 2.05) is 7.05 Å². The van der Waals surface area contributed by atoms with Gasteiger partial charge in [-0.05, 0) is 37.9 Å². The van der Waals surface area contributed by atoms with Gasteiger partial charge in [0.1, 0.15) is 5.82 Å². The van der Waals surface area contributed by atoms with Crippen LogP contribution in [0.1, 0.15) is 48.0 Å². The molecule has 0 radical (unpaired) electrons. The molecular weight excluding hydrogens is 257 g/mol. The van der Waals surface area contributed by atoms with E-state index in [4.69, 9.17) is 5.11 Å². The van der Waals surface area contributed by atoms with Gasteiger partial charge in [0.05, 0.1) is 5.56 Å². The van der Waals surface area contributed by atoms with Gasteiger partial charge in [-0.15, -0.1) is 0 Å². The molecule has 0 unspecified atom stereocenters. The topological polar surface area (TPSA) is 40.5 Å². The van der Waals surface area contributed by atoms with Crippen LogP contribution in [0.4, 0.5) is 4.39 Å². The summed E-state index contributed by atoms with van der Waals surface area (Å²) < 4.78 is 13.9. The quantitative estimate of drug-likeness (QED) is 0.896. The van der Waals surface area contributed by atoms with Crippen LogP contribution in [0.15, 0.2) is 18.2 Å². The number of nitrogens with zero attached hydrogens (tertiary/aromatic N) is 1. The fourth-order valence-electron chi connectivity index (χ4n) is 2.97. The van der Waals surface area contributed by atoms with Crippen LogP contribution in [0.2, 0.25) is 0 Å². The molecule has 4 heteroatoms. The van der Waals surface area contributed by atoms with E-state index >= 15 is 0 Å². The van der Waals surface area contributed by atoms with E-state index in [0.717, 1.165) is 18.5 Å². The van der Waals surface area contributed by atoms with Crippen molar-refractivity contribution in [1.29, 1.82) is 0 Å². The molecule has 1 fully saturated rings. The lowest BCUT2D eigenvalue weighted by Crippen LogP contribution is -2.27. The second-order valence-corrected chi connectivity index (χ2v) is 5.81. The summed E-state index contributed by atoms with van der Waals surface area (Å²) in [6.07, 6.45) is 6.49. The van der Waals surface area contributed by atoms with Gasteiger partial charge in [0, 0.05) is 18.7 Å². The number of carboxylic acids is 1. The molecule has 1 aliphatic rings. The summed E-state index contributed by atoms with van der Waals surface area (Å²) in [5.41, 5.74) is 0.564. The van der Waals surface area contributed by atoms with Crippen molar-refractivity contribution in [2.45, 2.75) is 38.6 Å². The predicted molar refractivity (Wildman–Crippen MR) is 76.3 cm³/mol. The summed E-state index contributed by atoms with van der Waals surface area (Å²) in [5, 5.41) is 8.82. The van der Waals surface area contributed by atoms with Crippen molar-refractivity contribution in [3.63, 3.8) is 0 Å². The maximum Gasteiger partial charge on any atom is 0.335 e. The first-order chi connectivity index (χ1) is 9.56. The highest BCUT2D eigenvalue weighted by Crippen LogP contribution is 2.24. The molecule has 0 heterocycles. The minimum absolute atomic E-state index is 0.00110. The Hall–Kier alpha value is -1.42. The van der Waals surface area contributed by atoms with Gasteiger partial charge in [-0.2, -0.15) is 0 Å².